The van der Waals surface area contributed by atoms with Crippen LogP contribution in [0.4, 0.5) is 21.9 Å². The summed E-state index contributed by atoms with van der Waals surface area (Å²) in [5.41, 5.74) is 2.90. The number of benzene rings is 2. The number of methoxy groups -OCH3 is 1. The van der Waals surface area contributed by atoms with Gasteiger partial charge in [0.2, 0.25) is 10.0 Å². The van der Waals surface area contributed by atoms with Crippen LogP contribution >= 0.6 is 0 Å². The van der Waals surface area contributed by atoms with Gasteiger partial charge >= 0.3 is 6.03 Å². The number of hydrogen-bond donors (Lipinski definition) is 2. The Morgan fingerprint density at radius 2 is 1.79 bits per heavy atom. The van der Waals surface area contributed by atoms with Crippen LogP contribution in [0.2, 0.25) is 0 Å². The number of hydrogen-bond acceptors (Lipinski definition) is 4. The summed E-state index contributed by atoms with van der Waals surface area (Å²) in [7, 11) is -1.72. The maximum Gasteiger partial charge on any atom is 0.323 e. The van der Waals surface area contributed by atoms with Gasteiger partial charge in [0.25, 0.3) is 0 Å². The molecule has 2 aromatic rings. The monoisotopic (exact) mass is 403 g/mol. The van der Waals surface area contributed by atoms with Gasteiger partial charge < -0.3 is 15.4 Å². The predicted molar refractivity (Wildman–Crippen MR) is 112 cm³/mol. The Morgan fingerprint density at radius 1 is 1.11 bits per heavy atom. The number of aryl methyl sites for hydroxylation is 1. The van der Waals surface area contributed by atoms with Gasteiger partial charge in [0, 0.05) is 17.9 Å². The molecule has 0 unspecified atom stereocenters. The van der Waals surface area contributed by atoms with Crippen molar-refractivity contribution in [3.8, 4) is 5.75 Å². The number of ether oxygens (including phenoxy) is 1. The van der Waals surface area contributed by atoms with Crippen LogP contribution in [-0.2, 0) is 16.4 Å². The Hall–Kier alpha value is -2.74. The van der Waals surface area contributed by atoms with E-state index in [2.05, 4.69) is 10.6 Å². The summed E-state index contributed by atoms with van der Waals surface area (Å²) in [4.78, 5) is 12.3. The minimum Gasteiger partial charge on any atom is -0.497 e. The summed E-state index contributed by atoms with van der Waals surface area (Å²) in [6, 6.07) is 12.0. The smallest absolute Gasteiger partial charge is 0.323 e. The Balaban J connectivity index is 1.71. The number of carbonyl (C=O) groups is 1. The van der Waals surface area contributed by atoms with Gasteiger partial charge in [-0.05, 0) is 67.3 Å². The molecule has 0 saturated carbocycles. The molecule has 1 aliphatic rings. The number of sulfonamides is 1. The van der Waals surface area contributed by atoms with Crippen molar-refractivity contribution in [2.45, 2.75) is 26.2 Å². The molecule has 0 aromatic heterocycles. The van der Waals surface area contributed by atoms with Gasteiger partial charge in [-0.15, -0.1) is 0 Å². The molecule has 0 spiro atoms. The Bertz CT molecular complexity index is 942. The molecule has 0 atom stereocenters. The molecule has 1 heterocycles. The van der Waals surface area contributed by atoms with E-state index in [1.54, 1.807) is 43.5 Å². The van der Waals surface area contributed by atoms with Crippen LogP contribution in [0.1, 0.15) is 25.3 Å². The largest absolute Gasteiger partial charge is 0.497 e. The number of nitrogens with zero attached hydrogens (tertiary/aromatic N) is 1. The quantitative estimate of drug-likeness (QED) is 0.767. The summed E-state index contributed by atoms with van der Waals surface area (Å²) in [6.07, 6.45) is 2.12. The highest BCUT2D eigenvalue weighted by atomic mass is 32.2. The van der Waals surface area contributed by atoms with Gasteiger partial charge in [-0.1, -0.05) is 6.92 Å². The van der Waals surface area contributed by atoms with Gasteiger partial charge in [0.05, 0.1) is 18.6 Å². The van der Waals surface area contributed by atoms with E-state index in [-0.39, 0.29) is 11.8 Å². The number of carbonyl (C=O) groups excluding carboxylic acids is 1. The number of anilines is 3. The lowest BCUT2D eigenvalue weighted by molar-refractivity contribution is 0.262. The van der Waals surface area contributed by atoms with E-state index in [4.69, 9.17) is 4.74 Å². The van der Waals surface area contributed by atoms with E-state index in [0.29, 0.717) is 35.8 Å². The fraction of sp³-hybridized carbons (Fsp3) is 0.350. The zero-order chi connectivity index (χ0) is 20.1. The highest BCUT2D eigenvalue weighted by Crippen LogP contribution is 2.32. The van der Waals surface area contributed by atoms with Crippen molar-refractivity contribution in [3.05, 3.63) is 48.0 Å². The number of amides is 2. The lowest BCUT2D eigenvalue weighted by Crippen LogP contribution is -2.37. The van der Waals surface area contributed by atoms with Crippen molar-refractivity contribution in [3.63, 3.8) is 0 Å². The molecule has 2 amide bonds. The molecule has 0 bridgehead atoms. The molecule has 2 aromatic carbocycles. The molecule has 8 heteroatoms. The van der Waals surface area contributed by atoms with Gasteiger partial charge in [-0.3, -0.25) is 4.31 Å². The first-order valence-corrected chi connectivity index (χ1v) is 10.9. The molecule has 0 radical (unpaired) electrons. The third-order valence-electron chi connectivity index (χ3n) is 4.56. The summed E-state index contributed by atoms with van der Waals surface area (Å²) >= 11 is 0. The molecule has 0 aliphatic carbocycles. The van der Waals surface area contributed by atoms with Crippen LogP contribution in [0.3, 0.4) is 0 Å². The zero-order valence-corrected chi connectivity index (χ0v) is 16.9. The molecule has 0 saturated heterocycles. The fourth-order valence-corrected chi connectivity index (χ4v) is 4.89. The Morgan fingerprint density at radius 3 is 2.46 bits per heavy atom. The highest BCUT2D eigenvalue weighted by molar-refractivity contribution is 7.92. The van der Waals surface area contributed by atoms with E-state index < -0.39 is 10.0 Å². The van der Waals surface area contributed by atoms with Gasteiger partial charge in [-0.2, -0.15) is 0 Å². The average Bonchev–Trinajstić information content (AvgIpc) is 2.67. The van der Waals surface area contributed by atoms with Gasteiger partial charge in [0.1, 0.15) is 5.75 Å². The first-order valence-electron chi connectivity index (χ1n) is 9.28. The predicted octanol–water partition coefficient (Wildman–Crippen LogP) is 3.83. The van der Waals surface area contributed by atoms with E-state index in [1.165, 1.54) is 4.31 Å². The van der Waals surface area contributed by atoms with Crippen molar-refractivity contribution in [2.75, 3.05) is 34.3 Å². The van der Waals surface area contributed by atoms with E-state index in [9.17, 15) is 13.2 Å². The number of urea groups is 1. The molecule has 0 fully saturated rings. The van der Waals surface area contributed by atoms with Crippen LogP contribution in [0.25, 0.3) is 0 Å². The fourth-order valence-electron chi connectivity index (χ4n) is 3.27. The summed E-state index contributed by atoms with van der Waals surface area (Å²) in [5.74, 6) is 0.847. The Labute approximate surface area is 165 Å². The maximum atomic E-state index is 12.5. The lowest BCUT2D eigenvalue weighted by atomic mass is 10.0. The van der Waals surface area contributed by atoms with E-state index >= 15 is 0 Å². The second-order valence-electron chi connectivity index (χ2n) is 6.64. The molecule has 150 valence electrons. The number of nitrogens with one attached hydrogen (secondary N) is 2. The van der Waals surface area contributed by atoms with Crippen LogP contribution < -0.4 is 19.7 Å². The van der Waals surface area contributed by atoms with Crippen LogP contribution in [0, 0.1) is 0 Å². The van der Waals surface area contributed by atoms with Crippen LogP contribution in [-0.4, -0.2) is 33.9 Å². The molecule has 28 heavy (non-hydrogen) atoms. The third-order valence-corrected chi connectivity index (χ3v) is 6.53. The molecule has 7 nitrogen and oxygen atoms in total. The highest BCUT2D eigenvalue weighted by Gasteiger charge is 2.26. The normalized spacial score (nSPS) is 13.6. The van der Waals surface area contributed by atoms with Crippen molar-refractivity contribution in [1.82, 2.24) is 0 Å². The number of fused-ring (bicyclic) bond motifs is 1. The SMILES string of the molecule is CCCS(=O)(=O)N1CCCc2cc(NC(=O)Nc3ccc(OC)cc3)ccc21. The minimum atomic E-state index is -3.31. The van der Waals surface area contributed by atoms with Gasteiger partial charge in [-0.25, -0.2) is 13.2 Å². The first kappa shape index (κ1) is 20.0. The van der Waals surface area contributed by atoms with Crippen LogP contribution in [0.5, 0.6) is 5.75 Å². The van der Waals surface area contributed by atoms with Crippen molar-refractivity contribution >= 4 is 33.1 Å². The van der Waals surface area contributed by atoms with Crippen molar-refractivity contribution in [2.24, 2.45) is 0 Å². The standard InChI is InChI=1S/C20H25N3O4S/c1-3-13-28(25,26)23-12-4-5-15-14-17(8-11-19(15)23)22-20(24)21-16-6-9-18(27-2)10-7-16/h6-11,14H,3-5,12-13H2,1-2H3,(H2,21,22,24). The third kappa shape index (κ3) is 4.56. The molecular weight excluding hydrogens is 378 g/mol. The lowest BCUT2D eigenvalue weighted by Gasteiger charge is -2.30. The van der Waals surface area contributed by atoms with Crippen molar-refractivity contribution < 1.29 is 17.9 Å². The first-order chi connectivity index (χ1) is 13.4. The Kier molecular flexibility index (Phi) is 6.08. The van der Waals surface area contributed by atoms with E-state index in [0.717, 1.165) is 18.4 Å². The molecular formula is C20H25N3O4S. The van der Waals surface area contributed by atoms with E-state index in [1.807, 2.05) is 13.0 Å². The number of rotatable bonds is 6. The molecule has 3 rings (SSSR count). The summed E-state index contributed by atoms with van der Waals surface area (Å²) in [6.45, 7) is 2.36. The molecule has 2 N–H and O–H groups in total. The summed E-state index contributed by atoms with van der Waals surface area (Å²) < 4.78 is 31.6. The van der Waals surface area contributed by atoms with Gasteiger partial charge in [0.15, 0.2) is 0 Å². The second kappa shape index (κ2) is 8.52. The maximum absolute atomic E-state index is 12.5. The summed E-state index contributed by atoms with van der Waals surface area (Å²) in [5, 5.41) is 5.56. The average molecular weight is 404 g/mol. The minimum absolute atomic E-state index is 0.136. The van der Waals surface area contributed by atoms with Crippen LogP contribution in [0.15, 0.2) is 42.5 Å². The topological polar surface area (TPSA) is 87.7 Å². The molecule has 1 aliphatic heterocycles. The zero-order valence-electron chi connectivity index (χ0n) is 16.1. The van der Waals surface area contributed by atoms with Crippen molar-refractivity contribution in [1.29, 1.82) is 0 Å². The second-order valence-corrected chi connectivity index (χ2v) is 8.66.